The van der Waals surface area contributed by atoms with Crippen molar-refractivity contribution < 1.29 is 44.3 Å². The van der Waals surface area contributed by atoms with Gasteiger partial charge in [-0.25, -0.2) is 8.42 Å². The normalized spacial score (nSPS) is 19.9. The lowest BCUT2D eigenvalue weighted by molar-refractivity contribution is -0.143. The molecule has 14 heteroatoms. The molecule has 3 rings (SSSR count). The van der Waals surface area contributed by atoms with Crippen LogP contribution in [0.4, 0.5) is 26.3 Å². The molecular formula is C23H31ClF6N2O4S. The van der Waals surface area contributed by atoms with Gasteiger partial charge in [-0.05, 0) is 37.8 Å². The van der Waals surface area contributed by atoms with Gasteiger partial charge in [-0.15, -0.1) is 12.4 Å². The number of carbonyl (C=O) groups is 1. The van der Waals surface area contributed by atoms with Gasteiger partial charge in [0.15, 0.2) is 5.78 Å². The van der Waals surface area contributed by atoms with E-state index in [1.165, 1.54) is 4.31 Å². The van der Waals surface area contributed by atoms with Crippen LogP contribution in [0.3, 0.4) is 0 Å². The highest BCUT2D eigenvalue weighted by Crippen LogP contribution is 2.39. The monoisotopic (exact) mass is 580 g/mol. The topological polar surface area (TPSA) is 66.9 Å². The first-order valence-corrected chi connectivity index (χ1v) is 13.4. The number of benzene rings is 1. The fourth-order valence-electron chi connectivity index (χ4n) is 4.98. The minimum atomic E-state index is -5.12. The molecule has 0 aliphatic carbocycles. The van der Waals surface area contributed by atoms with Gasteiger partial charge in [0, 0.05) is 56.9 Å². The van der Waals surface area contributed by atoms with Crippen molar-refractivity contribution in [2.45, 2.75) is 56.9 Å². The maximum absolute atomic E-state index is 13.5. The lowest BCUT2D eigenvalue weighted by Gasteiger charge is -2.49. The quantitative estimate of drug-likeness (QED) is 0.319. The molecule has 0 saturated carbocycles. The van der Waals surface area contributed by atoms with Crippen molar-refractivity contribution in [2.75, 3.05) is 45.1 Å². The fraction of sp³-hybridized carbons (Fsp3) is 0.696. The number of ether oxygens (including phenoxy) is 1. The average molecular weight is 581 g/mol. The second-order valence-corrected chi connectivity index (χ2v) is 11.3. The van der Waals surface area contributed by atoms with Crippen molar-refractivity contribution in [2.24, 2.45) is 0 Å². The maximum Gasteiger partial charge on any atom is 0.417 e. The van der Waals surface area contributed by atoms with Crippen molar-refractivity contribution in [3.63, 3.8) is 0 Å². The molecule has 0 atom stereocenters. The lowest BCUT2D eigenvalue weighted by atomic mass is 9.81. The number of hydrogen-bond donors (Lipinski definition) is 0. The Labute approximate surface area is 218 Å². The molecule has 2 heterocycles. The summed E-state index contributed by atoms with van der Waals surface area (Å²) in [5, 5.41) is 0. The van der Waals surface area contributed by atoms with E-state index in [0.717, 1.165) is 0 Å². The number of Topliss-reactive ketones (excluding diaryl/α,β-unsaturated/α-hetero) is 1. The molecule has 2 aliphatic heterocycles. The van der Waals surface area contributed by atoms with Gasteiger partial charge in [-0.1, -0.05) is 13.0 Å². The fourth-order valence-corrected chi connectivity index (χ4v) is 6.48. The molecule has 0 N–H and O–H groups in total. The number of alkyl halides is 6. The summed E-state index contributed by atoms with van der Waals surface area (Å²) in [6.07, 6.45) is -8.67. The van der Waals surface area contributed by atoms with Crippen molar-refractivity contribution in [3.05, 3.63) is 34.9 Å². The summed E-state index contributed by atoms with van der Waals surface area (Å²) in [5.74, 6) is -0.833. The zero-order valence-electron chi connectivity index (χ0n) is 20.3. The Morgan fingerprint density at radius 2 is 1.59 bits per heavy atom. The van der Waals surface area contributed by atoms with Gasteiger partial charge in [0.1, 0.15) is 0 Å². The first-order chi connectivity index (χ1) is 16.7. The Morgan fingerprint density at radius 3 is 2.11 bits per heavy atom. The third kappa shape index (κ3) is 7.59. The number of hydrogen-bond acceptors (Lipinski definition) is 5. The van der Waals surface area contributed by atoms with Crippen LogP contribution in [0.25, 0.3) is 0 Å². The molecule has 2 aliphatic rings. The largest absolute Gasteiger partial charge is 0.417 e. The average Bonchev–Trinajstić information content (AvgIpc) is 2.82. The smallest absolute Gasteiger partial charge is 0.381 e. The van der Waals surface area contributed by atoms with Crippen LogP contribution in [0, 0.1) is 0 Å². The second-order valence-electron chi connectivity index (χ2n) is 9.22. The number of carbonyl (C=O) groups excluding carboxylic acids is 1. The van der Waals surface area contributed by atoms with E-state index in [1.54, 1.807) is 6.92 Å². The summed E-state index contributed by atoms with van der Waals surface area (Å²) in [4.78, 5) is 15.0. The molecule has 2 saturated heterocycles. The predicted octanol–water partition coefficient (Wildman–Crippen LogP) is 5.02. The van der Waals surface area contributed by atoms with Crippen molar-refractivity contribution in [3.8, 4) is 0 Å². The molecule has 1 aromatic rings. The Balaban J connectivity index is 0.00000481. The molecule has 0 unspecified atom stereocenters. The first kappa shape index (κ1) is 31.8. The Hall–Kier alpha value is -1.41. The first-order valence-electron chi connectivity index (χ1n) is 11.8. The molecule has 0 aromatic heterocycles. The number of ketones is 1. The van der Waals surface area contributed by atoms with E-state index in [1.807, 2.05) is 0 Å². The number of nitrogens with zero attached hydrogens (tertiary/aromatic N) is 2. The zero-order chi connectivity index (χ0) is 26.8. The summed E-state index contributed by atoms with van der Waals surface area (Å²) in [6, 6.07) is 1.07. The second kappa shape index (κ2) is 12.2. The van der Waals surface area contributed by atoms with Gasteiger partial charge in [0.2, 0.25) is 10.0 Å². The van der Waals surface area contributed by atoms with Crippen LogP contribution in [0.5, 0.6) is 0 Å². The van der Waals surface area contributed by atoms with E-state index < -0.39 is 50.4 Å². The van der Waals surface area contributed by atoms with Crippen LogP contribution in [0.1, 0.15) is 60.5 Å². The van der Waals surface area contributed by atoms with E-state index in [9.17, 15) is 39.6 Å². The summed E-state index contributed by atoms with van der Waals surface area (Å²) in [7, 11) is -3.36. The van der Waals surface area contributed by atoms with Crippen LogP contribution in [-0.2, 0) is 27.1 Å². The summed E-state index contributed by atoms with van der Waals surface area (Å²) in [6.45, 7) is 3.92. The molecule has 212 valence electrons. The molecule has 0 radical (unpaired) electrons. The summed E-state index contributed by atoms with van der Waals surface area (Å²) < 4.78 is 111. The summed E-state index contributed by atoms with van der Waals surface area (Å²) >= 11 is 0. The standard InChI is InChI=1S/C23H30F6N2O4S.ClH/c1-2-15-36(33,34)31-11-9-30(10-12-31)21(7-13-35-14-8-21)6-5-20(32)18-4-3-17(22(24,25)26)16-19(18)23(27,28)29;/h3-4,16H,2,5-15H2,1H3;1H. The number of sulfonamides is 1. The van der Waals surface area contributed by atoms with E-state index in [-0.39, 0.29) is 50.2 Å². The highest BCUT2D eigenvalue weighted by atomic mass is 35.5. The van der Waals surface area contributed by atoms with Crippen LogP contribution in [0.15, 0.2) is 18.2 Å². The minimum Gasteiger partial charge on any atom is -0.381 e. The number of rotatable bonds is 8. The van der Waals surface area contributed by atoms with E-state index >= 15 is 0 Å². The van der Waals surface area contributed by atoms with Gasteiger partial charge in [-0.2, -0.15) is 30.6 Å². The minimum absolute atomic E-state index is 0. The molecule has 0 bridgehead atoms. The summed E-state index contributed by atoms with van der Waals surface area (Å²) in [5.41, 5.74) is -4.42. The molecule has 1 aromatic carbocycles. The molecular weight excluding hydrogens is 550 g/mol. The zero-order valence-corrected chi connectivity index (χ0v) is 22.0. The third-order valence-electron chi connectivity index (χ3n) is 6.96. The predicted molar refractivity (Wildman–Crippen MR) is 127 cm³/mol. The molecule has 37 heavy (non-hydrogen) atoms. The maximum atomic E-state index is 13.5. The lowest BCUT2D eigenvalue weighted by Crippen LogP contribution is -2.60. The number of piperazine rings is 1. The SMILES string of the molecule is CCCS(=O)(=O)N1CCN(C2(CCC(=O)c3ccc(C(F)(F)F)cc3C(F)(F)F)CCOCC2)CC1.Cl. The highest BCUT2D eigenvalue weighted by molar-refractivity contribution is 7.89. The highest BCUT2D eigenvalue weighted by Gasteiger charge is 2.43. The van der Waals surface area contributed by atoms with Crippen LogP contribution in [-0.4, -0.2) is 74.1 Å². The molecule has 0 amide bonds. The Kier molecular flexibility index (Phi) is 10.5. The van der Waals surface area contributed by atoms with Crippen LogP contribution < -0.4 is 0 Å². The molecule has 6 nitrogen and oxygen atoms in total. The van der Waals surface area contributed by atoms with Crippen LogP contribution in [0.2, 0.25) is 0 Å². The Morgan fingerprint density at radius 1 is 1.00 bits per heavy atom. The van der Waals surface area contributed by atoms with Crippen molar-refractivity contribution >= 4 is 28.2 Å². The third-order valence-corrected chi connectivity index (χ3v) is 9.03. The van der Waals surface area contributed by atoms with E-state index in [2.05, 4.69) is 4.90 Å². The van der Waals surface area contributed by atoms with Crippen molar-refractivity contribution in [1.29, 1.82) is 0 Å². The molecule has 0 spiro atoms. The van der Waals surface area contributed by atoms with Gasteiger partial charge in [0.05, 0.1) is 16.9 Å². The molecule has 2 fully saturated rings. The van der Waals surface area contributed by atoms with Crippen molar-refractivity contribution in [1.82, 2.24) is 9.21 Å². The van der Waals surface area contributed by atoms with E-state index in [0.29, 0.717) is 57.7 Å². The van der Waals surface area contributed by atoms with Gasteiger partial charge in [-0.3, -0.25) is 9.69 Å². The van der Waals surface area contributed by atoms with E-state index in [4.69, 9.17) is 4.74 Å². The van der Waals surface area contributed by atoms with Gasteiger partial charge < -0.3 is 4.74 Å². The van der Waals surface area contributed by atoms with Gasteiger partial charge in [0.25, 0.3) is 0 Å². The van der Waals surface area contributed by atoms with Crippen LogP contribution >= 0.6 is 12.4 Å². The Bertz CT molecular complexity index is 1030. The number of halogens is 7. The van der Waals surface area contributed by atoms with Gasteiger partial charge >= 0.3 is 12.4 Å².